The zero-order chi connectivity index (χ0) is 22.3. The molecule has 1 unspecified atom stereocenters. The first-order valence-corrected chi connectivity index (χ1v) is 10.2. The van der Waals surface area contributed by atoms with E-state index in [2.05, 4.69) is 10.6 Å². The van der Waals surface area contributed by atoms with Crippen molar-refractivity contribution in [2.45, 2.75) is 32.0 Å². The number of piperidine rings is 1. The van der Waals surface area contributed by atoms with Crippen molar-refractivity contribution in [2.75, 3.05) is 0 Å². The van der Waals surface area contributed by atoms with Gasteiger partial charge in [-0.2, -0.15) is 0 Å². The van der Waals surface area contributed by atoms with E-state index in [4.69, 9.17) is 23.2 Å². The maximum absolute atomic E-state index is 13.9. The van der Waals surface area contributed by atoms with Gasteiger partial charge in [-0.25, -0.2) is 4.39 Å². The lowest BCUT2D eigenvalue weighted by molar-refractivity contribution is -0.136. The van der Waals surface area contributed by atoms with E-state index in [1.54, 1.807) is 12.1 Å². The Morgan fingerprint density at radius 3 is 2.68 bits per heavy atom. The Labute approximate surface area is 186 Å². The van der Waals surface area contributed by atoms with Gasteiger partial charge in [-0.05, 0) is 36.2 Å². The van der Waals surface area contributed by atoms with Gasteiger partial charge in [0.25, 0.3) is 11.8 Å². The van der Waals surface area contributed by atoms with Crippen molar-refractivity contribution in [1.82, 2.24) is 15.5 Å². The monoisotopic (exact) mass is 463 g/mol. The number of halogens is 3. The number of imide groups is 1. The molecule has 1 saturated heterocycles. The average Bonchev–Trinajstić information content (AvgIpc) is 3.04. The van der Waals surface area contributed by atoms with Crippen LogP contribution in [0, 0.1) is 5.82 Å². The first-order valence-electron chi connectivity index (χ1n) is 9.44. The summed E-state index contributed by atoms with van der Waals surface area (Å²) in [6.45, 7) is 0.131. The minimum atomic E-state index is -0.746. The lowest BCUT2D eigenvalue weighted by Crippen LogP contribution is -2.52. The summed E-state index contributed by atoms with van der Waals surface area (Å²) in [7, 11) is 0. The molecule has 0 bridgehead atoms. The van der Waals surface area contributed by atoms with Crippen molar-refractivity contribution in [3.05, 3.63) is 68.4 Å². The summed E-state index contributed by atoms with van der Waals surface area (Å²) in [4.78, 5) is 50.0. The molecule has 0 radical (unpaired) electrons. The largest absolute Gasteiger partial charge is 0.348 e. The summed E-state index contributed by atoms with van der Waals surface area (Å²) in [6, 6.07) is 6.19. The lowest BCUT2D eigenvalue weighted by Gasteiger charge is -2.29. The predicted molar refractivity (Wildman–Crippen MR) is 110 cm³/mol. The molecular weight excluding hydrogens is 448 g/mol. The SMILES string of the molecule is O=C1CCC(N2Cc3c(ccc(CNC(=O)c4ccc(Cl)cc4F)c3Cl)C2=O)C(=O)N1. The number of benzene rings is 2. The second kappa shape index (κ2) is 8.28. The van der Waals surface area contributed by atoms with Gasteiger partial charge in [-0.3, -0.25) is 24.5 Å². The minimum Gasteiger partial charge on any atom is -0.348 e. The number of amides is 4. The van der Waals surface area contributed by atoms with Crippen LogP contribution in [0.25, 0.3) is 0 Å². The molecule has 10 heteroatoms. The van der Waals surface area contributed by atoms with Crippen molar-refractivity contribution in [2.24, 2.45) is 0 Å². The topological polar surface area (TPSA) is 95.6 Å². The van der Waals surface area contributed by atoms with Gasteiger partial charge in [0.1, 0.15) is 11.9 Å². The summed E-state index contributed by atoms with van der Waals surface area (Å²) in [5.41, 5.74) is 1.30. The average molecular weight is 464 g/mol. The van der Waals surface area contributed by atoms with Crippen LogP contribution >= 0.6 is 23.2 Å². The highest BCUT2D eigenvalue weighted by Crippen LogP contribution is 2.34. The molecule has 1 fully saturated rings. The summed E-state index contributed by atoms with van der Waals surface area (Å²) < 4.78 is 13.9. The highest BCUT2D eigenvalue weighted by Gasteiger charge is 2.40. The van der Waals surface area contributed by atoms with E-state index in [9.17, 15) is 23.6 Å². The standard InChI is InChI=1S/C21H16Cl2FN3O4/c22-11-2-4-13(15(24)7-11)19(29)25-8-10-1-3-12-14(18(10)23)9-27(21(12)31)16-5-6-17(28)26-20(16)30/h1-4,7,16H,5-6,8-9H2,(H,25,29)(H,26,28,30). The maximum Gasteiger partial charge on any atom is 0.255 e. The highest BCUT2D eigenvalue weighted by atomic mass is 35.5. The van der Waals surface area contributed by atoms with Gasteiger partial charge in [0.15, 0.2) is 0 Å². The number of nitrogens with one attached hydrogen (secondary N) is 2. The Morgan fingerprint density at radius 2 is 1.97 bits per heavy atom. The van der Waals surface area contributed by atoms with Crippen molar-refractivity contribution < 1.29 is 23.6 Å². The second-order valence-corrected chi connectivity index (χ2v) is 8.09. The fourth-order valence-corrected chi connectivity index (χ4v) is 4.18. The fraction of sp³-hybridized carbons (Fsp3) is 0.238. The third-order valence-corrected chi connectivity index (χ3v) is 6.05. The minimum absolute atomic E-state index is 0.0135. The quantitative estimate of drug-likeness (QED) is 0.681. The van der Waals surface area contributed by atoms with E-state index in [0.29, 0.717) is 16.7 Å². The molecule has 160 valence electrons. The number of fused-ring (bicyclic) bond motifs is 1. The molecule has 0 saturated carbocycles. The Balaban J connectivity index is 1.50. The fourth-order valence-electron chi connectivity index (χ4n) is 3.73. The number of nitrogens with zero attached hydrogens (tertiary/aromatic N) is 1. The van der Waals surface area contributed by atoms with Gasteiger partial charge >= 0.3 is 0 Å². The van der Waals surface area contributed by atoms with Crippen LogP contribution in [-0.4, -0.2) is 34.6 Å². The third-order valence-electron chi connectivity index (χ3n) is 5.34. The number of carbonyl (C=O) groups excluding carboxylic acids is 4. The normalized spacial score (nSPS) is 18.1. The summed E-state index contributed by atoms with van der Waals surface area (Å²) in [5, 5.41) is 5.31. The zero-order valence-corrected chi connectivity index (χ0v) is 17.5. The first kappa shape index (κ1) is 21.3. The van der Waals surface area contributed by atoms with Crippen LogP contribution in [-0.2, 0) is 22.7 Å². The van der Waals surface area contributed by atoms with Gasteiger partial charge in [-0.1, -0.05) is 29.3 Å². The number of hydrogen-bond acceptors (Lipinski definition) is 4. The third kappa shape index (κ3) is 4.00. The Bertz CT molecular complexity index is 1140. The van der Waals surface area contributed by atoms with E-state index >= 15 is 0 Å². The smallest absolute Gasteiger partial charge is 0.255 e. The van der Waals surface area contributed by atoms with Gasteiger partial charge in [0, 0.05) is 35.7 Å². The number of hydrogen-bond donors (Lipinski definition) is 2. The molecular formula is C21H16Cl2FN3O4. The molecule has 0 aromatic heterocycles. The van der Waals surface area contributed by atoms with E-state index in [0.717, 1.165) is 6.07 Å². The molecule has 2 aliphatic rings. The second-order valence-electron chi connectivity index (χ2n) is 7.27. The van der Waals surface area contributed by atoms with Gasteiger partial charge in [0.2, 0.25) is 11.8 Å². The molecule has 4 amide bonds. The van der Waals surface area contributed by atoms with E-state index in [-0.39, 0.29) is 53.4 Å². The molecule has 4 rings (SSSR count). The summed E-state index contributed by atoms with van der Waals surface area (Å²) in [6.07, 6.45) is 0.403. The molecule has 2 aromatic rings. The lowest BCUT2D eigenvalue weighted by atomic mass is 10.0. The summed E-state index contributed by atoms with van der Waals surface area (Å²) >= 11 is 12.2. The molecule has 2 heterocycles. The van der Waals surface area contributed by atoms with Crippen LogP contribution in [0.4, 0.5) is 4.39 Å². The maximum atomic E-state index is 13.9. The zero-order valence-electron chi connectivity index (χ0n) is 16.0. The number of carbonyl (C=O) groups is 4. The van der Waals surface area contributed by atoms with Gasteiger partial charge < -0.3 is 10.2 Å². The molecule has 0 spiro atoms. The molecule has 1 atom stereocenters. The molecule has 7 nitrogen and oxygen atoms in total. The highest BCUT2D eigenvalue weighted by molar-refractivity contribution is 6.33. The van der Waals surface area contributed by atoms with Crippen LogP contribution in [0.3, 0.4) is 0 Å². The van der Waals surface area contributed by atoms with Crippen molar-refractivity contribution in [1.29, 1.82) is 0 Å². The predicted octanol–water partition coefficient (Wildman–Crippen LogP) is 2.82. The van der Waals surface area contributed by atoms with E-state index < -0.39 is 23.7 Å². The van der Waals surface area contributed by atoms with Gasteiger partial charge in [-0.15, -0.1) is 0 Å². The van der Waals surface area contributed by atoms with Crippen LogP contribution in [0.2, 0.25) is 10.0 Å². The molecule has 31 heavy (non-hydrogen) atoms. The van der Waals surface area contributed by atoms with Crippen LogP contribution < -0.4 is 10.6 Å². The first-order chi connectivity index (χ1) is 14.8. The Morgan fingerprint density at radius 1 is 1.19 bits per heavy atom. The van der Waals surface area contributed by atoms with Crippen LogP contribution in [0.15, 0.2) is 30.3 Å². The van der Waals surface area contributed by atoms with Crippen LogP contribution in [0.5, 0.6) is 0 Å². The van der Waals surface area contributed by atoms with Crippen LogP contribution in [0.1, 0.15) is 44.7 Å². The molecule has 2 N–H and O–H groups in total. The van der Waals surface area contributed by atoms with Gasteiger partial charge in [0.05, 0.1) is 10.6 Å². The van der Waals surface area contributed by atoms with Crippen molar-refractivity contribution >= 4 is 46.8 Å². The Kier molecular flexibility index (Phi) is 5.68. The molecule has 0 aliphatic carbocycles. The van der Waals surface area contributed by atoms with Crippen molar-refractivity contribution in [3.63, 3.8) is 0 Å². The van der Waals surface area contributed by atoms with E-state index in [1.807, 2.05) is 0 Å². The Hall–Kier alpha value is -2.97. The summed E-state index contributed by atoms with van der Waals surface area (Å²) in [5.74, 6) is -2.59. The molecule has 2 aromatic carbocycles. The molecule has 2 aliphatic heterocycles. The van der Waals surface area contributed by atoms with Crippen molar-refractivity contribution in [3.8, 4) is 0 Å². The number of rotatable bonds is 4. The van der Waals surface area contributed by atoms with E-state index in [1.165, 1.54) is 17.0 Å².